The quantitative estimate of drug-likeness (QED) is 0.485. The Kier molecular flexibility index (Phi) is 3.49. The number of rotatable bonds is 3. The number of hydrogen-bond donors (Lipinski definition) is 0. The molecule has 1 aliphatic rings. The normalized spacial score (nSPS) is 22.5. The largest absolute Gasteiger partial charge is 0.460 e. The molecule has 0 aliphatic heterocycles. The maximum atomic E-state index is 12.1. The number of ether oxygens (including phenoxy) is 1. The minimum Gasteiger partial charge on any atom is -0.460 e. The van der Waals surface area contributed by atoms with E-state index in [0.717, 1.165) is 10.9 Å². The summed E-state index contributed by atoms with van der Waals surface area (Å²) in [5, 5.41) is 0.738. The fraction of sp³-hybridized carbons (Fsp3) is 0.375. The second kappa shape index (κ2) is 5.00. The van der Waals surface area contributed by atoms with Gasteiger partial charge in [0, 0.05) is 23.4 Å². The van der Waals surface area contributed by atoms with Crippen molar-refractivity contribution in [3.05, 3.63) is 45.8 Å². The first kappa shape index (κ1) is 15.4. The van der Waals surface area contributed by atoms with Gasteiger partial charge in [0.15, 0.2) is 0 Å². The Hall–Kier alpha value is -1.52. The number of carbonyl (C=O) groups excluding carboxylic acids is 1. The van der Waals surface area contributed by atoms with Crippen LogP contribution in [0.3, 0.4) is 0 Å². The van der Waals surface area contributed by atoms with Crippen LogP contribution in [0.25, 0.3) is 11.0 Å². The van der Waals surface area contributed by atoms with Crippen LogP contribution in [0.15, 0.2) is 33.5 Å². The monoisotopic (exact) mass is 340 g/mol. The van der Waals surface area contributed by atoms with Gasteiger partial charge in [-0.25, -0.2) is 4.79 Å². The predicted octanol–water partition coefficient (Wildman–Crippen LogP) is 3.73. The molecule has 0 N–H and O–H groups in total. The molecule has 3 rings (SSSR count). The smallest absolute Gasteiger partial charge is 0.336 e. The molecule has 116 valence electrons. The predicted molar refractivity (Wildman–Crippen MR) is 84.2 cm³/mol. The van der Waals surface area contributed by atoms with Gasteiger partial charge in [0.1, 0.15) is 21.9 Å². The molecule has 1 heterocycles. The second-order valence-corrected chi connectivity index (χ2v) is 7.36. The van der Waals surface area contributed by atoms with Crippen LogP contribution in [-0.4, -0.2) is 10.3 Å². The molecule has 0 amide bonds. The third-order valence-electron chi connectivity index (χ3n) is 4.05. The van der Waals surface area contributed by atoms with E-state index in [4.69, 9.17) is 32.4 Å². The zero-order valence-electron chi connectivity index (χ0n) is 12.1. The molecule has 1 aliphatic carbocycles. The van der Waals surface area contributed by atoms with Gasteiger partial charge in [-0.1, -0.05) is 12.1 Å². The third kappa shape index (κ3) is 2.50. The highest BCUT2D eigenvalue weighted by Crippen LogP contribution is 2.64. The number of esters is 1. The molecule has 6 heteroatoms. The van der Waals surface area contributed by atoms with E-state index in [1.807, 2.05) is 19.1 Å². The molecular weight excluding hydrogens is 327 g/mol. The lowest BCUT2D eigenvalue weighted by Gasteiger charge is -2.12. The van der Waals surface area contributed by atoms with Crippen LogP contribution in [0.4, 0.5) is 0 Å². The molecule has 1 atom stereocenters. The summed E-state index contributed by atoms with van der Waals surface area (Å²) in [6, 6.07) is 6.84. The number of benzene rings is 1. The minimum absolute atomic E-state index is 0.0244. The van der Waals surface area contributed by atoms with Gasteiger partial charge in [-0.05, 0) is 25.5 Å². The van der Waals surface area contributed by atoms with Gasteiger partial charge in [-0.2, -0.15) is 0 Å². The summed E-state index contributed by atoms with van der Waals surface area (Å²) in [5.74, 6) is -0.467. The van der Waals surface area contributed by atoms with Crippen LogP contribution in [0.2, 0.25) is 0 Å². The van der Waals surface area contributed by atoms with Crippen LogP contribution in [0.1, 0.15) is 24.5 Å². The second-order valence-electron chi connectivity index (χ2n) is 5.88. The molecular formula is C16H14Cl2O4. The Balaban J connectivity index is 1.86. The van der Waals surface area contributed by atoms with Crippen LogP contribution in [-0.2, 0) is 16.1 Å². The summed E-state index contributed by atoms with van der Waals surface area (Å²) in [5.41, 5.74) is 0.677. The van der Waals surface area contributed by atoms with E-state index in [1.54, 1.807) is 13.0 Å². The van der Waals surface area contributed by atoms with E-state index in [2.05, 4.69) is 0 Å². The summed E-state index contributed by atoms with van der Waals surface area (Å²) in [6.45, 7) is 3.54. The van der Waals surface area contributed by atoms with Crippen molar-refractivity contribution in [2.45, 2.75) is 31.2 Å². The molecule has 4 nitrogen and oxygen atoms in total. The summed E-state index contributed by atoms with van der Waals surface area (Å²) in [6.07, 6.45) is 0.360. The lowest BCUT2D eigenvalue weighted by molar-refractivity contribution is -0.150. The number of alkyl halides is 2. The number of fused-ring (bicyclic) bond motifs is 1. The average molecular weight is 341 g/mol. The van der Waals surface area contributed by atoms with E-state index in [1.165, 1.54) is 6.07 Å². The van der Waals surface area contributed by atoms with Crippen molar-refractivity contribution < 1.29 is 13.9 Å². The van der Waals surface area contributed by atoms with Crippen molar-refractivity contribution >= 4 is 40.1 Å². The fourth-order valence-corrected chi connectivity index (χ4v) is 3.07. The molecule has 1 unspecified atom stereocenters. The molecule has 1 aromatic heterocycles. The van der Waals surface area contributed by atoms with Crippen LogP contribution in [0.5, 0.6) is 0 Å². The van der Waals surface area contributed by atoms with Crippen molar-refractivity contribution in [3.8, 4) is 0 Å². The lowest BCUT2D eigenvalue weighted by Crippen LogP contribution is -2.21. The van der Waals surface area contributed by atoms with E-state index in [-0.39, 0.29) is 6.61 Å². The van der Waals surface area contributed by atoms with Gasteiger partial charge in [0.2, 0.25) is 0 Å². The molecule has 0 bridgehead atoms. The number of halogens is 2. The molecule has 0 radical (unpaired) electrons. The first-order valence-corrected chi connectivity index (χ1v) is 7.57. The maximum Gasteiger partial charge on any atom is 0.336 e. The highest BCUT2D eigenvalue weighted by atomic mass is 35.5. The summed E-state index contributed by atoms with van der Waals surface area (Å²) in [7, 11) is 0. The minimum atomic E-state index is -1.07. The maximum absolute atomic E-state index is 12.1. The summed E-state index contributed by atoms with van der Waals surface area (Å²) in [4.78, 5) is 23.7. The molecule has 2 aromatic rings. The first-order chi connectivity index (χ1) is 10.2. The van der Waals surface area contributed by atoms with Crippen LogP contribution < -0.4 is 5.63 Å². The van der Waals surface area contributed by atoms with E-state index in [0.29, 0.717) is 17.6 Å². The molecule has 22 heavy (non-hydrogen) atoms. The molecule has 1 saturated carbocycles. The van der Waals surface area contributed by atoms with Crippen molar-refractivity contribution in [3.63, 3.8) is 0 Å². The Morgan fingerprint density at radius 3 is 2.68 bits per heavy atom. The molecule has 1 fully saturated rings. The highest BCUT2D eigenvalue weighted by molar-refractivity contribution is 6.53. The lowest BCUT2D eigenvalue weighted by atomic mass is 10.1. The highest BCUT2D eigenvalue weighted by Gasteiger charge is 2.69. The van der Waals surface area contributed by atoms with Gasteiger partial charge in [0.05, 0.1) is 0 Å². The van der Waals surface area contributed by atoms with Crippen molar-refractivity contribution in [1.82, 2.24) is 0 Å². The Labute approximate surface area is 137 Å². The Bertz CT molecular complexity index is 824. The number of hydrogen-bond acceptors (Lipinski definition) is 4. The summed E-state index contributed by atoms with van der Waals surface area (Å²) >= 11 is 11.9. The van der Waals surface area contributed by atoms with Gasteiger partial charge in [-0.15, -0.1) is 23.2 Å². The molecule has 1 aromatic carbocycles. The summed E-state index contributed by atoms with van der Waals surface area (Å²) < 4.78 is 9.39. The Morgan fingerprint density at radius 1 is 1.36 bits per heavy atom. The Morgan fingerprint density at radius 2 is 2.05 bits per heavy atom. The zero-order valence-corrected chi connectivity index (χ0v) is 13.6. The van der Waals surface area contributed by atoms with Crippen molar-refractivity contribution in [2.24, 2.45) is 5.41 Å². The van der Waals surface area contributed by atoms with E-state index >= 15 is 0 Å². The first-order valence-electron chi connectivity index (χ1n) is 6.81. The topological polar surface area (TPSA) is 56.5 Å². The zero-order chi connectivity index (χ0) is 16.1. The average Bonchev–Trinajstić information content (AvgIpc) is 2.95. The van der Waals surface area contributed by atoms with Gasteiger partial charge in [-0.3, -0.25) is 4.79 Å². The molecule has 0 spiro atoms. The fourth-order valence-electron chi connectivity index (χ4n) is 2.38. The van der Waals surface area contributed by atoms with E-state index < -0.39 is 21.3 Å². The number of aryl methyl sites for hydroxylation is 1. The standard InChI is InChI=1S/C16H14Cl2O4/c1-9-3-4-11-10(6-13(19)22-12(11)5-9)7-21-14(20)15(2)8-16(15,17)18/h3-6H,7-8H2,1-2H3. The number of carbonyl (C=O) groups is 1. The van der Waals surface area contributed by atoms with Crippen molar-refractivity contribution in [2.75, 3.05) is 0 Å². The van der Waals surface area contributed by atoms with Crippen LogP contribution >= 0.6 is 23.2 Å². The molecule has 0 saturated heterocycles. The van der Waals surface area contributed by atoms with Gasteiger partial charge < -0.3 is 9.15 Å². The van der Waals surface area contributed by atoms with Crippen LogP contribution in [0, 0.1) is 12.3 Å². The SMILES string of the molecule is Cc1ccc2c(COC(=O)C3(C)CC3(Cl)Cl)cc(=O)oc2c1. The van der Waals surface area contributed by atoms with Crippen molar-refractivity contribution in [1.29, 1.82) is 0 Å². The third-order valence-corrected chi connectivity index (χ3v) is 5.15. The van der Waals surface area contributed by atoms with Gasteiger partial charge >= 0.3 is 11.6 Å². The van der Waals surface area contributed by atoms with E-state index in [9.17, 15) is 9.59 Å². The van der Waals surface area contributed by atoms with Gasteiger partial charge in [0.25, 0.3) is 0 Å².